The number of rotatable bonds is 4. The van der Waals surface area contributed by atoms with E-state index in [2.05, 4.69) is 0 Å². The molecule has 0 aliphatic carbocycles. The number of halogens is 1. The molecule has 19 heavy (non-hydrogen) atoms. The number of hydrogen-bond donors (Lipinski definition) is 1. The summed E-state index contributed by atoms with van der Waals surface area (Å²) in [6, 6.07) is 15.9. The Hall–Kier alpha value is -1.64. The predicted octanol–water partition coefficient (Wildman–Crippen LogP) is 3.89. The zero-order chi connectivity index (χ0) is 13.8. The van der Waals surface area contributed by atoms with Crippen molar-refractivity contribution >= 4 is 17.4 Å². The summed E-state index contributed by atoms with van der Waals surface area (Å²) in [5, 5.41) is 10.9. The Bertz CT molecular complexity index is 549. The van der Waals surface area contributed by atoms with Crippen LogP contribution in [0.1, 0.15) is 28.9 Å². The molecule has 0 unspecified atom stereocenters. The van der Waals surface area contributed by atoms with Crippen molar-refractivity contribution < 1.29 is 9.90 Å². The highest BCUT2D eigenvalue weighted by Gasteiger charge is 2.24. The van der Waals surface area contributed by atoms with Crippen LogP contribution in [0.2, 0.25) is 5.02 Å². The van der Waals surface area contributed by atoms with Gasteiger partial charge in [-0.05, 0) is 17.7 Å². The lowest BCUT2D eigenvalue weighted by Gasteiger charge is -2.18. The fraction of sp³-hybridized carbons (Fsp3) is 0.188. The molecule has 0 saturated heterocycles. The third-order valence-corrected chi connectivity index (χ3v) is 3.41. The molecule has 0 aliphatic rings. The van der Waals surface area contributed by atoms with Gasteiger partial charge in [-0.3, -0.25) is 4.79 Å². The number of carbonyl (C=O) groups is 1. The number of benzene rings is 2. The van der Waals surface area contributed by atoms with Gasteiger partial charge in [0.15, 0.2) is 5.78 Å². The van der Waals surface area contributed by atoms with Crippen LogP contribution < -0.4 is 0 Å². The quantitative estimate of drug-likeness (QED) is 0.859. The van der Waals surface area contributed by atoms with Gasteiger partial charge < -0.3 is 5.11 Å². The lowest BCUT2D eigenvalue weighted by Crippen LogP contribution is -2.19. The summed E-state index contributed by atoms with van der Waals surface area (Å²) in [6.45, 7) is 1.73. The van der Waals surface area contributed by atoms with E-state index in [1.807, 2.05) is 18.2 Å². The fourth-order valence-corrected chi connectivity index (χ4v) is 2.08. The van der Waals surface area contributed by atoms with E-state index in [0.29, 0.717) is 16.1 Å². The van der Waals surface area contributed by atoms with Crippen molar-refractivity contribution in [1.29, 1.82) is 0 Å². The van der Waals surface area contributed by atoms with Crippen molar-refractivity contribution in [2.75, 3.05) is 0 Å². The first kappa shape index (κ1) is 13.8. The number of aliphatic hydroxyl groups excluding tert-OH is 1. The van der Waals surface area contributed by atoms with Gasteiger partial charge in [0.05, 0.1) is 6.10 Å². The summed E-state index contributed by atoms with van der Waals surface area (Å²) >= 11 is 5.81. The van der Waals surface area contributed by atoms with Crippen LogP contribution in [0.25, 0.3) is 0 Å². The predicted molar refractivity (Wildman–Crippen MR) is 76.3 cm³/mol. The minimum absolute atomic E-state index is 0.0666. The van der Waals surface area contributed by atoms with E-state index in [-0.39, 0.29) is 5.78 Å². The zero-order valence-corrected chi connectivity index (χ0v) is 11.3. The van der Waals surface area contributed by atoms with Gasteiger partial charge in [-0.1, -0.05) is 61.0 Å². The van der Waals surface area contributed by atoms with Gasteiger partial charge in [0.25, 0.3) is 0 Å². The second kappa shape index (κ2) is 6.00. The van der Waals surface area contributed by atoms with Gasteiger partial charge in [-0.15, -0.1) is 0 Å². The summed E-state index contributed by atoms with van der Waals surface area (Å²) in [4.78, 5) is 12.2. The molecule has 0 spiro atoms. The van der Waals surface area contributed by atoms with E-state index in [4.69, 9.17) is 11.6 Å². The molecule has 0 aromatic heterocycles. The molecule has 2 aromatic carbocycles. The Morgan fingerprint density at radius 1 is 1.05 bits per heavy atom. The maximum absolute atomic E-state index is 12.2. The van der Waals surface area contributed by atoms with Crippen LogP contribution >= 0.6 is 11.6 Å². The van der Waals surface area contributed by atoms with Crippen LogP contribution in [0.4, 0.5) is 0 Å². The monoisotopic (exact) mass is 274 g/mol. The molecule has 2 rings (SSSR count). The Labute approximate surface area is 117 Å². The first-order chi connectivity index (χ1) is 9.09. The molecule has 0 bridgehead atoms. The fourth-order valence-electron chi connectivity index (χ4n) is 1.96. The minimum Gasteiger partial charge on any atom is -0.388 e. The highest BCUT2D eigenvalue weighted by atomic mass is 35.5. The van der Waals surface area contributed by atoms with Gasteiger partial charge in [-0.2, -0.15) is 0 Å². The number of Topliss-reactive ketones (excluding diaryl/α,β-unsaturated/α-hetero) is 1. The van der Waals surface area contributed by atoms with Gasteiger partial charge >= 0.3 is 0 Å². The topological polar surface area (TPSA) is 37.3 Å². The average molecular weight is 275 g/mol. The summed E-state index contributed by atoms with van der Waals surface area (Å²) in [7, 11) is 0. The van der Waals surface area contributed by atoms with Crippen LogP contribution in [0.5, 0.6) is 0 Å². The highest BCUT2D eigenvalue weighted by molar-refractivity contribution is 6.30. The standard InChI is InChI=1S/C16H15ClO2/c1-11(15(18)12-5-3-2-4-6-12)16(19)13-7-9-14(17)10-8-13/h2-11,16,19H,1H3/t11-,16+/m0/s1. The van der Waals surface area contributed by atoms with Gasteiger partial charge in [0.1, 0.15) is 0 Å². The van der Waals surface area contributed by atoms with Crippen LogP contribution in [0.15, 0.2) is 54.6 Å². The molecular weight excluding hydrogens is 260 g/mol. The normalized spacial score (nSPS) is 13.8. The van der Waals surface area contributed by atoms with Crippen LogP contribution in [-0.2, 0) is 0 Å². The molecule has 98 valence electrons. The number of ketones is 1. The Balaban J connectivity index is 2.17. The maximum Gasteiger partial charge on any atom is 0.168 e. The van der Waals surface area contributed by atoms with Crippen LogP contribution in [0, 0.1) is 5.92 Å². The second-order valence-electron chi connectivity index (χ2n) is 4.52. The molecule has 2 atom stereocenters. The Morgan fingerprint density at radius 2 is 1.63 bits per heavy atom. The van der Waals surface area contributed by atoms with E-state index in [1.165, 1.54) is 0 Å². The van der Waals surface area contributed by atoms with Crippen molar-refractivity contribution in [1.82, 2.24) is 0 Å². The smallest absolute Gasteiger partial charge is 0.168 e. The molecule has 2 aromatic rings. The van der Waals surface area contributed by atoms with Gasteiger partial charge in [0, 0.05) is 16.5 Å². The summed E-state index contributed by atoms with van der Waals surface area (Å²) in [6.07, 6.45) is -0.829. The average Bonchev–Trinajstić information content (AvgIpc) is 2.46. The third kappa shape index (κ3) is 3.22. The van der Waals surface area contributed by atoms with Crippen molar-refractivity contribution in [3.05, 3.63) is 70.7 Å². The second-order valence-corrected chi connectivity index (χ2v) is 4.95. The first-order valence-corrected chi connectivity index (χ1v) is 6.50. The minimum atomic E-state index is -0.829. The van der Waals surface area contributed by atoms with E-state index in [0.717, 1.165) is 0 Å². The molecule has 0 heterocycles. The zero-order valence-electron chi connectivity index (χ0n) is 10.6. The van der Waals surface area contributed by atoms with E-state index < -0.39 is 12.0 Å². The largest absolute Gasteiger partial charge is 0.388 e. The molecule has 2 nitrogen and oxygen atoms in total. The summed E-state index contributed by atoms with van der Waals surface area (Å²) in [5.74, 6) is -0.563. The molecule has 0 amide bonds. The molecule has 1 N–H and O–H groups in total. The van der Waals surface area contributed by atoms with Crippen molar-refractivity contribution in [3.8, 4) is 0 Å². The van der Waals surface area contributed by atoms with Gasteiger partial charge in [-0.25, -0.2) is 0 Å². The Morgan fingerprint density at radius 3 is 2.21 bits per heavy atom. The highest BCUT2D eigenvalue weighted by Crippen LogP contribution is 2.26. The maximum atomic E-state index is 12.2. The van der Waals surface area contributed by atoms with Crippen LogP contribution in [0.3, 0.4) is 0 Å². The molecule has 0 aliphatic heterocycles. The molecular formula is C16H15ClO2. The molecule has 0 radical (unpaired) electrons. The van der Waals surface area contributed by atoms with E-state index >= 15 is 0 Å². The van der Waals surface area contributed by atoms with Gasteiger partial charge in [0.2, 0.25) is 0 Å². The molecule has 3 heteroatoms. The number of carbonyl (C=O) groups excluding carboxylic acids is 1. The van der Waals surface area contributed by atoms with Crippen molar-refractivity contribution in [3.63, 3.8) is 0 Å². The van der Waals surface area contributed by atoms with E-state index in [9.17, 15) is 9.90 Å². The number of hydrogen-bond acceptors (Lipinski definition) is 2. The van der Waals surface area contributed by atoms with Crippen LogP contribution in [-0.4, -0.2) is 10.9 Å². The lowest BCUT2D eigenvalue weighted by atomic mass is 9.90. The summed E-state index contributed by atoms with van der Waals surface area (Å²) in [5.41, 5.74) is 1.31. The molecule has 0 fully saturated rings. The summed E-state index contributed by atoms with van der Waals surface area (Å²) < 4.78 is 0. The third-order valence-electron chi connectivity index (χ3n) is 3.16. The van der Waals surface area contributed by atoms with Crippen molar-refractivity contribution in [2.24, 2.45) is 5.92 Å². The Kier molecular flexibility index (Phi) is 4.35. The lowest BCUT2D eigenvalue weighted by molar-refractivity contribution is 0.0714. The molecule has 0 saturated carbocycles. The van der Waals surface area contributed by atoms with Crippen molar-refractivity contribution in [2.45, 2.75) is 13.0 Å². The SMILES string of the molecule is C[C@@H](C(=O)c1ccccc1)[C@@H](O)c1ccc(Cl)cc1. The number of aliphatic hydroxyl groups is 1. The van der Waals surface area contributed by atoms with E-state index in [1.54, 1.807) is 43.3 Å². The first-order valence-electron chi connectivity index (χ1n) is 6.12.